The summed E-state index contributed by atoms with van der Waals surface area (Å²) in [7, 11) is 0. The molecule has 1 aromatic carbocycles. The van der Waals surface area contributed by atoms with Crippen LogP contribution in [0.4, 0.5) is 0 Å². The Balaban J connectivity index is 2.10. The highest BCUT2D eigenvalue weighted by molar-refractivity contribution is 6.30. The number of likely N-dealkylation sites (tertiary alicyclic amines) is 1. The van der Waals surface area contributed by atoms with E-state index in [0.29, 0.717) is 5.92 Å². The van der Waals surface area contributed by atoms with Gasteiger partial charge in [-0.1, -0.05) is 37.1 Å². The maximum atomic E-state index is 9.74. The van der Waals surface area contributed by atoms with Crippen molar-refractivity contribution in [1.82, 2.24) is 4.90 Å². The summed E-state index contributed by atoms with van der Waals surface area (Å²) in [4.78, 5) is 2.37. The Morgan fingerprint density at radius 2 is 1.95 bits per heavy atom. The quantitative estimate of drug-likeness (QED) is 0.808. The van der Waals surface area contributed by atoms with Crippen LogP contribution in [0.25, 0.3) is 0 Å². The van der Waals surface area contributed by atoms with Crippen molar-refractivity contribution >= 4 is 11.6 Å². The molecule has 1 saturated heterocycles. The van der Waals surface area contributed by atoms with Crippen LogP contribution in [0.1, 0.15) is 44.1 Å². The van der Waals surface area contributed by atoms with E-state index in [4.69, 9.17) is 11.6 Å². The van der Waals surface area contributed by atoms with Crippen molar-refractivity contribution in [1.29, 1.82) is 0 Å². The van der Waals surface area contributed by atoms with Gasteiger partial charge in [0.15, 0.2) is 0 Å². The molecule has 2 rings (SSSR count). The van der Waals surface area contributed by atoms with Gasteiger partial charge in [-0.05, 0) is 55.3 Å². The highest BCUT2D eigenvalue weighted by Crippen LogP contribution is 2.29. The van der Waals surface area contributed by atoms with Gasteiger partial charge in [-0.15, -0.1) is 0 Å². The number of halogens is 1. The number of nitrogens with zero attached hydrogens (tertiary/aromatic N) is 1. The molecule has 124 valence electrons. The molecule has 0 radical (unpaired) electrons. The van der Waals surface area contributed by atoms with Crippen LogP contribution in [0.5, 0.6) is 0 Å². The topological polar surface area (TPSA) is 43.7 Å². The monoisotopic (exact) mass is 325 g/mol. The summed E-state index contributed by atoms with van der Waals surface area (Å²) in [5, 5.41) is 20.1. The minimum atomic E-state index is 0.0883. The van der Waals surface area contributed by atoms with Gasteiger partial charge in [-0.25, -0.2) is 0 Å². The first-order valence-electron chi connectivity index (χ1n) is 8.40. The fourth-order valence-electron chi connectivity index (χ4n) is 3.65. The number of aliphatic hydroxyl groups is 2. The first-order chi connectivity index (χ1) is 10.7. The van der Waals surface area contributed by atoms with E-state index in [1.807, 2.05) is 12.1 Å². The molecule has 0 aliphatic carbocycles. The van der Waals surface area contributed by atoms with Gasteiger partial charge in [0.05, 0.1) is 6.61 Å². The Morgan fingerprint density at radius 1 is 1.23 bits per heavy atom. The zero-order valence-electron chi connectivity index (χ0n) is 13.4. The number of rotatable bonds is 7. The molecule has 0 aromatic heterocycles. The van der Waals surface area contributed by atoms with Gasteiger partial charge in [0.2, 0.25) is 0 Å². The van der Waals surface area contributed by atoms with E-state index < -0.39 is 0 Å². The minimum absolute atomic E-state index is 0.0883. The molecular weight excluding hydrogens is 298 g/mol. The molecule has 3 atom stereocenters. The molecule has 1 aromatic rings. The molecule has 0 amide bonds. The van der Waals surface area contributed by atoms with Crippen LogP contribution in [0.3, 0.4) is 0 Å². The normalized spacial score (nSPS) is 24.4. The Bertz CT molecular complexity index is 437. The van der Waals surface area contributed by atoms with Crippen molar-refractivity contribution in [3.63, 3.8) is 0 Å². The third-order valence-electron chi connectivity index (χ3n) is 4.89. The summed E-state index contributed by atoms with van der Waals surface area (Å²) in [5.74, 6) is 0.653. The van der Waals surface area contributed by atoms with E-state index >= 15 is 0 Å². The Hall–Kier alpha value is -0.610. The predicted molar refractivity (Wildman–Crippen MR) is 91.4 cm³/mol. The molecule has 1 aliphatic heterocycles. The van der Waals surface area contributed by atoms with Crippen molar-refractivity contribution < 1.29 is 10.2 Å². The van der Waals surface area contributed by atoms with Crippen molar-refractivity contribution in [2.45, 2.75) is 44.6 Å². The summed E-state index contributed by atoms with van der Waals surface area (Å²) < 4.78 is 0. The molecule has 1 fully saturated rings. The average molecular weight is 326 g/mol. The first kappa shape index (κ1) is 17.7. The summed E-state index contributed by atoms with van der Waals surface area (Å²) in [6.07, 6.45) is 4.37. The van der Waals surface area contributed by atoms with Gasteiger partial charge in [0.1, 0.15) is 0 Å². The van der Waals surface area contributed by atoms with Gasteiger partial charge in [-0.3, -0.25) is 4.90 Å². The van der Waals surface area contributed by atoms with Crippen LogP contribution < -0.4 is 0 Å². The number of piperidine rings is 1. The molecule has 2 N–H and O–H groups in total. The van der Waals surface area contributed by atoms with E-state index in [1.165, 1.54) is 5.56 Å². The van der Waals surface area contributed by atoms with Gasteiger partial charge >= 0.3 is 0 Å². The van der Waals surface area contributed by atoms with Crippen LogP contribution in [-0.4, -0.2) is 47.5 Å². The van der Waals surface area contributed by atoms with E-state index in [2.05, 4.69) is 24.0 Å². The predicted octanol–water partition coefficient (Wildman–Crippen LogP) is 3.29. The average Bonchev–Trinajstić information content (AvgIpc) is 2.55. The van der Waals surface area contributed by atoms with Gasteiger partial charge in [-0.2, -0.15) is 0 Å². The number of aliphatic hydroxyl groups excluding tert-OH is 2. The number of hydrogen-bond acceptors (Lipinski definition) is 3. The third-order valence-corrected chi connectivity index (χ3v) is 5.14. The van der Waals surface area contributed by atoms with Crippen molar-refractivity contribution in [2.24, 2.45) is 5.92 Å². The summed E-state index contributed by atoms with van der Waals surface area (Å²) >= 11 is 6.00. The van der Waals surface area contributed by atoms with E-state index in [1.54, 1.807) is 0 Å². The summed E-state index contributed by atoms with van der Waals surface area (Å²) in [5.41, 5.74) is 1.31. The standard InChI is InChI=1S/C18H28ClNO2/c1-2-4-15(14-6-8-17(19)9-7-14)11-20-10-3-5-16(12-21)18(20)13-22/h6-9,15-16,18,21-22H,2-5,10-13H2,1H3. The number of hydrogen-bond donors (Lipinski definition) is 2. The lowest BCUT2D eigenvalue weighted by Gasteiger charge is -2.41. The Labute approximate surface area is 138 Å². The maximum Gasteiger partial charge on any atom is 0.0590 e. The third kappa shape index (κ3) is 4.45. The molecule has 4 heteroatoms. The van der Waals surface area contributed by atoms with Crippen LogP contribution in [0.2, 0.25) is 5.02 Å². The Kier molecular flexibility index (Phi) is 7.16. The van der Waals surface area contributed by atoms with Gasteiger partial charge in [0, 0.05) is 24.2 Å². The molecule has 1 heterocycles. The molecule has 0 saturated carbocycles. The molecule has 0 spiro atoms. The summed E-state index contributed by atoms with van der Waals surface area (Å²) in [6.45, 7) is 4.46. The Morgan fingerprint density at radius 3 is 2.55 bits per heavy atom. The zero-order chi connectivity index (χ0) is 15.9. The smallest absolute Gasteiger partial charge is 0.0590 e. The molecule has 22 heavy (non-hydrogen) atoms. The van der Waals surface area contributed by atoms with Crippen LogP contribution in [0.15, 0.2) is 24.3 Å². The lowest BCUT2D eigenvalue weighted by molar-refractivity contribution is 0.0170. The minimum Gasteiger partial charge on any atom is -0.396 e. The molecular formula is C18H28ClNO2. The van der Waals surface area contributed by atoms with Crippen LogP contribution in [0, 0.1) is 5.92 Å². The highest BCUT2D eigenvalue weighted by atomic mass is 35.5. The summed E-state index contributed by atoms with van der Waals surface area (Å²) in [6, 6.07) is 8.23. The molecule has 1 aliphatic rings. The molecule has 3 unspecified atom stereocenters. The lowest BCUT2D eigenvalue weighted by atomic mass is 9.87. The largest absolute Gasteiger partial charge is 0.396 e. The van der Waals surface area contributed by atoms with Crippen LogP contribution in [-0.2, 0) is 0 Å². The van der Waals surface area contributed by atoms with Crippen LogP contribution >= 0.6 is 11.6 Å². The molecule has 3 nitrogen and oxygen atoms in total. The second-order valence-corrected chi connectivity index (χ2v) is 6.80. The van der Waals surface area contributed by atoms with E-state index in [9.17, 15) is 10.2 Å². The maximum absolute atomic E-state index is 9.74. The fourth-order valence-corrected chi connectivity index (χ4v) is 3.77. The van der Waals surface area contributed by atoms with Crippen molar-refractivity contribution in [2.75, 3.05) is 26.3 Å². The van der Waals surface area contributed by atoms with Crippen molar-refractivity contribution in [3.05, 3.63) is 34.9 Å². The zero-order valence-corrected chi connectivity index (χ0v) is 14.2. The second kappa shape index (κ2) is 8.88. The highest BCUT2D eigenvalue weighted by Gasteiger charge is 2.31. The van der Waals surface area contributed by atoms with Gasteiger partial charge in [0.25, 0.3) is 0 Å². The first-order valence-corrected chi connectivity index (χ1v) is 8.78. The SMILES string of the molecule is CCCC(CN1CCCC(CO)C1CO)c1ccc(Cl)cc1. The second-order valence-electron chi connectivity index (χ2n) is 6.37. The van der Waals surface area contributed by atoms with Gasteiger partial charge < -0.3 is 10.2 Å². The number of benzene rings is 1. The van der Waals surface area contributed by atoms with Crippen molar-refractivity contribution in [3.8, 4) is 0 Å². The lowest BCUT2D eigenvalue weighted by Crippen LogP contribution is -2.50. The van der Waals surface area contributed by atoms with E-state index in [0.717, 1.165) is 43.8 Å². The van der Waals surface area contributed by atoms with E-state index in [-0.39, 0.29) is 25.2 Å². The molecule has 0 bridgehead atoms. The fraction of sp³-hybridized carbons (Fsp3) is 0.667.